The first-order chi connectivity index (χ1) is 30.2. The van der Waals surface area contributed by atoms with E-state index in [0.717, 1.165) is 6.42 Å². The molecular weight excluding hydrogens is 747 g/mol. The van der Waals surface area contributed by atoms with Crippen molar-refractivity contribution in [2.45, 2.75) is 72.1 Å². The first kappa shape index (κ1) is 42.0. The summed E-state index contributed by atoms with van der Waals surface area (Å²) >= 11 is 0. The second-order valence-corrected chi connectivity index (χ2v) is 17.5. The highest BCUT2D eigenvalue weighted by molar-refractivity contribution is 5.86. The van der Waals surface area contributed by atoms with Crippen LogP contribution in [0.3, 0.4) is 0 Å². The second-order valence-electron chi connectivity index (χ2n) is 17.5. The lowest BCUT2D eigenvalue weighted by atomic mass is 9.82. The van der Waals surface area contributed by atoms with Crippen molar-refractivity contribution in [1.29, 1.82) is 0 Å². The smallest absolute Gasteiger partial charge is 0.0465 e. The van der Waals surface area contributed by atoms with E-state index in [1.54, 1.807) is 0 Å². The van der Waals surface area contributed by atoms with Crippen LogP contribution in [0.1, 0.15) is 84.0 Å². The van der Waals surface area contributed by atoms with Gasteiger partial charge in [-0.25, -0.2) is 0 Å². The summed E-state index contributed by atoms with van der Waals surface area (Å²) in [7, 11) is 0. The first-order valence-electron chi connectivity index (χ1n) is 22.3. The van der Waals surface area contributed by atoms with E-state index in [4.69, 9.17) is 0 Å². The van der Waals surface area contributed by atoms with Crippen LogP contribution in [0, 0.1) is 20.8 Å². The second kappa shape index (κ2) is 18.9. The average molecular weight is 806 g/mol. The Hall–Kier alpha value is -6.70. The van der Waals surface area contributed by atoms with Crippen LogP contribution in [0.4, 0.5) is 17.1 Å². The standard InChI is InChI=1S/C41H37N.C11H10.C9H12/c1-28-9-8-12-35(25-28)42(36-22-24-38-37-23-13-29(2)26-39(37)41(3,4)40(38)27-36)34-20-18-33(19-21-34)32-16-14-31(15-17-32)30-10-6-5-7-11-30;1-9-6-7-10-4-2-3-5-11(10)8-9;1-2-6-9-7-4-3-5-8-9/h5-16,18-27,32H,17H2,1-4H3;2-8H,1H3;3-5,7-8H,2,6H2,1H3. The number of nitrogens with zero attached hydrogens (tertiary/aromatic N) is 1. The van der Waals surface area contributed by atoms with Gasteiger partial charge in [0.05, 0.1) is 0 Å². The average Bonchev–Trinajstić information content (AvgIpc) is 3.52. The summed E-state index contributed by atoms with van der Waals surface area (Å²) in [6, 6.07) is 68.1. The molecule has 2 aliphatic carbocycles. The Balaban J connectivity index is 0.000000215. The van der Waals surface area contributed by atoms with E-state index in [1.807, 2.05) is 0 Å². The Labute approximate surface area is 370 Å². The maximum Gasteiger partial charge on any atom is 0.0465 e. The largest absolute Gasteiger partial charge is 0.310 e. The van der Waals surface area contributed by atoms with Gasteiger partial charge in [0.1, 0.15) is 0 Å². The minimum absolute atomic E-state index is 0.0474. The maximum absolute atomic E-state index is 2.42. The van der Waals surface area contributed by atoms with E-state index in [1.165, 1.54) is 102 Å². The van der Waals surface area contributed by atoms with Gasteiger partial charge in [-0.1, -0.05) is 208 Å². The van der Waals surface area contributed by atoms with Crippen LogP contribution < -0.4 is 4.90 Å². The van der Waals surface area contributed by atoms with Crippen molar-refractivity contribution in [3.05, 3.63) is 251 Å². The van der Waals surface area contributed by atoms with Crippen LogP contribution in [0.15, 0.2) is 206 Å². The number of rotatable bonds is 7. The predicted molar refractivity (Wildman–Crippen MR) is 268 cm³/mol. The minimum Gasteiger partial charge on any atom is -0.310 e. The van der Waals surface area contributed by atoms with Gasteiger partial charge < -0.3 is 4.90 Å². The normalized spacial score (nSPS) is 14.4. The molecule has 1 unspecified atom stereocenters. The fourth-order valence-electron chi connectivity index (χ4n) is 9.02. The molecule has 8 aromatic rings. The molecular formula is C61H59N. The molecule has 0 aliphatic heterocycles. The van der Waals surface area contributed by atoms with E-state index >= 15 is 0 Å². The molecule has 62 heavy (non-hydrogen) atoms. The molecule has 0 heterocycles. The molecule has 0 aromatic heterocycles. The maximum atomic E-state index is 2.42. The molecule has 1 heteroatoms. The quantitative estimate of drug-likeness (QED) is 0.155. The van der Waals surface area contributed by atoms with E-state index < -0.39 is 0 Å². The van der Waals surface area contributed by atoms with Gasteiger partial charge in [-0.15, -0.1) is 0 Å². The van der Waals surface area contributed by atoms with Crippen LogP contribution in [-0.4, -0.2) is 0 Å². The van der Waals surface area contributed by atoms with Crippen LogP contribution in [-0.2, 0) is 11.8 Å². The number of fused-ring (bicyclic) bond motifs is 4. The number of benzene rings is 8. The molecule has 1 atom stereocenters. The Morgan fingerprint density at radius 2 is 1.11 bits per heavy atom. The SMILES string of the molecule is CCCc1ccccc1.Cc1ccc2ccccc2c1.Cc1cccc(N(c2ccc(C3C=CC(c4ccccc4)=CC3)cc2)c2ccc3c(c2)C(C)(C)c2cc(C)ccc2-3)c1. The number of allylic oxidation sites excluding steroid dienone is 4. The molecule has 10 rings (SSSR count). The van der Waals surface area contributed by atoms with Gasteiger partial charge in [-0.05, 0) is 131 Å². The highest BCUT2D eigenvalue weighted by atomic mass is 15.1. The van der Waals surface area contributed by atoms with Crippen molar-refractivity contribution < 1.29 is 0 Å². The van der Waals surface area contributed by atoms with Crippen LogP contribution in [0.2, 0.25) is 0 Å². The summed E-state index contributed by atoms with van der Waals surface area (Å²) in [5.74, 6) is 0.390. The third-order valence-electron chi connectivity index (χ3n) is 12.4. The summed E-state index contributed by atoms with van der Waals surface area (Å²) in [4.78, 5) is 2.41. The van der Waals surface area contributed by atoms with Gasteiger partial charge >= 0.3 is 0 Å². The molecule has 0 spiro atoms. The first-order valence-corrected chi connectivity index (χ1v) is 22.3. The molecule has 0 amide bonds. The predicted octanol–water partition coefficient (Wildman–Crippen LogP) is 17.0. The fraction of sp³-hybridized carbons (Fsp3) is 0.180. The van der Waals surface area contributed by atoms with Gasteiger partial charge in [0.15, 0.2) is 0 Å². The van der Waals surface area contributed by atoms with Crippen molar-refractivity contribution in [3.63, 3.8) is 0 Å². The lowest BCUT2D eigenvalue weighted by Gasteiger charge is -2.29. The number of hydrogen-bond donors (Lipinski definition) is 0. The van der Waals surface area contributed by atoms with Crippen molar-refractivity contribution in [3.8, 4) is 11.1 Å². The van der Waals surface area contributed by atoms with Gasteiger partial charge in [-0.2, -0.15) is 0 Å². The van der Waals surface area contributed by atoms with E-state index in [-0.39, 0.29) is 5.41 Å². The zero-order valence-corrected chi connectivity index (χ0v) is 37.3. The van der Waals surface area contributed by atoms with Gasteiger partial charge in [0.25, 0.3) is 0 Å². The minimum atomic E-state index is -0.0474. The molecule has 2 aliphatic rings. The molecule has 1 nitrogen and oxygen atoms in total. The summed E-state index contributed by atoms with van der Waals surface area (Å²) in [5, 5.41) is 2.64. The van der Waals surface area contributed by atoms with Gasteiger partial charge in [0.2, 0.25) is 0 Å². The van der Waals surface area contributed by atoms with Crippen molar-refractivity contribution in [1.82, 2.24) is 0 Å². The van der Waals surface area contributed by atoms with Gasteiger partial charge in [0, 0.05) is 28.4 Å². The lowest BCUT2D eigenvalue weighted by Crippen LogP contribution is -2.16. The molecule has 0 fully saturated rings. The number of hydrogen-bond acceptors (Lipinski definition) is 1. The summed E-state index contributed by atoms with van der Waals surface area (Å²) in [6.07, 6.45) is 10.5. The Bertz CT molecular complexity index is 2820. The molecule has 0 saturated carbocycles. The topological polar surface area (TPSA) is 3.24 Å². The summed E-state index contributed by atoms with van der Waals surface area (Å²) in [5.41, 5.74) is 18.3. The molecule has 0 bridgehead atoms. The highest BCUT2D eigenvalue weighted by Crippen LogP contribution is 2.51. The molecule has 0 N–H and O–H groups in total. The number of aryl methyl sites for hydroxylation is 4. The third kappa shape index (κ3) is 9.44. The van der Waals surface area contributed by atoms with Crippen molar-refractivity contribution in [2.75, 3.05) is 4.90 Å². The molecule has 0 saturated heterocycles. The van der Waals surface area contributed by atoms with Crippen LogP contribution in [0.5, 0.6) is 0 Å². The molecule has 8 aromatic carbocycles. The Morgan fingerprint density at radius 1 is 0.516 bits per heavy atom. The summed E-state index contributed by atoms with van der Waals surface area (Å²) in [6.45, 7) is 13.4. The van der Waals surface area contributed by atoms with E-state index in [2.05, 4.69) is 253 Å². The van der Waals surface area contributed by atoms with Crippen LogP contribution >= 0.6 is 0 Å². The fourth-order valence-corrected chi connectivity index (χ4v) is 9.02. The molecule has 308 valence electrons. The Kier molecular flexibility index (Phi) is 12.8. The van der Waals surface area contributed by atoms with E-state index in [0.29, 0.717) is 5.92 Å². The number of anilines is 3. The Morgan fingerprint density at radius 3 is 1.81 bits per heavy atom. The zero-order valence-electron chi connectivity index (χ0n) is 37.3. The lowest BCUT2D eigenvalue weighted by molar-refractivity contribution is 0.660. The molecule has 0 radical (unpaired) electrons. The van der Waals surface area contributed by atoms with Crippen LogP contribution in [0.25, 0.3) is 27.5 Å². The van der Waals surface area contributed by atoms with E-state index in [9.17, 15) is 0 Å². The monoisotopic (exact) mass is 805 g/mol. The van der Waals surface area contributed by atoms with Gasteiger partial charge in [-0.3, -0.25) is 0 Å². The summed E-state index contributed by atoms with van der Waals surface area (Å²) < 4.78 is 0. The zero-order chi connectivity index (χ0) is 43.1. The van der Waals surface area contributed by atoms with Crippen molar-refractivity contribution in [2.24, 2.45) is 0 Å². The van der Waals surface area contributed by atoms with Crippen molar-refractivity contribution >= 4 is 33.4 Å². The highest BCUT2D eigenvalue weighted by Gasteiger charge is 2.36. The third-order valence-corrected chi connectivity index (χ3v) is 12.4.